The molecule has 0 spiro atoms. The minimum Gasteiger partial charge on any atom is -0.462 e. The van der Waals surface area contributed by atoms with Crippen molar-refractivity contribution in [2.45, 2.75) is 25.3 Å². The molecular formula is C29H32F2N6O2. The van der Waals surface area contributed by atoms with Gasteiger partial charge in [0.25, 0.3) is 0 Å². The molecule has 1 atom stereocenters. The average molecular weight is 535 g/mol. The molecule has 1 aromatic heterocycles. The van der Waals surface area contributed by atoms with E-state index in [1.807, 2.05) is 11.0 Å². The van der Waals surface area contributed by atoms with Crippen LogP contribution in [0.2, 0.25) is 0 Å². The van der Waals surface area contributed by atoms with E-state index < -0.39 is 5.82 Å². The number of aromatic nitrogens is 2. The van der Waals surface area contributed by atoms with E-state index in [0.29, 0.717) is 62.6 Å². The number of anilines is 3. The Morgan fingerprint density at radius 3 is 2.62 bits per heavy atom. The van der Waals surface area contributed by atoms with Gasteiger partial charge in [0.15, 0.2) is 5.82 Å². The lowest BCUT2D eigenvalue weighted by atomic mass is 10.1. The van der Waals surface area contributed by atoms with Crippen LogP contribution in [0, 0.1) is 11.6 Å². The molecule has 39 heavy (non-hydrogen) atoms. The van der Waals surface area contributed by atoms with Crippen molar-refractivity contribution in [3.05, 3.63) is 60.2 Å². The average Bonchev–Trinajstić information content (AvgIpc) is 3.56. The van der Waals surface area contributed by atoms with Crippen molar-refractivity contribution < 1.29 is 18.3 Å². The fourth-order valence-electron chi connectivity index (χ4n) is 5.88. The maximum atomic E-state index is 16.3. The largest absolute Gasteiger partial charge is 0.462 e. The molecule has 1 amide bonds. The van der Waals surface area contributed by atoms with Crippen LogP contribution in [0.15, 0.2) is 43.0 Å². The number of carbonyl (C=O) groups excluding carboxylic acids is 1. The summed E-state index contributed by atoms with van der Waals surface area (Å²) in [7, 11) is 2.07. The number of fused-ring (bicyclic) bond motifs is 2. The van der Waals surface area contributed by atoms with Crippen molar-refractivity contribution in [1.29, 1.82) is 0 Å². The van der Waals surface area contributed by atoms with Gasteiger partial charge in [0.2, 0.25) is 5.91 Å². The summed E-state index contributed by atoms with van der Waals surface area (Å²) >= 11 is 0. The van der Waals surface area contributed by atoms with Crippen molar-refractivity contribution >= 4 is 34.0 Å². The van der Waals surface area contributed by atoms with E-state index in [2.05, 4.69) is 28.4 Å². The Bertz CT molecular complexity index is 1420. The highest BCUT2D eigenvalue weighted by Crippen LogP contribution is 2.39. The molecule has 0 unspecified atom stereocenters. The lowest BCUT2D eigenvalue weighted by Gasteiger charge is -2.35. The summed E-state index contributed by atoms with van der Waals surface area (Å²) in [4.78, 5) is 29.3. The van der Waals surface area contributed by atoms with E-state index in [9.17, 15) is 9.18 Å². The number of hydrogen-bond donors (Lipinski definition) is 0. The molecule has 2 saturated heterocycles. The number of ether oxygens (including phenoxy) is 1. The van der Waals surface area contributed by atoms with Gasteiger partial charge in [-0.2, -0.15) is 9.97 Å². The number of halogens is 2. The van der Waals surface area contributed by atoms with Gasteiger partial charge in [0, 0.05) is 49.8 Å². The molecule has 3 aliphatic rings. The Labute approximate surface area is 226 Å². The molecular weight excluding hydrogens is 502 g/mol. The molecule has 0 aliphatic carbocycles. The molecule has 204 valence electrons. The van der Waals surface area contributed by atoms with Crippen LogP contribution in [0.3, 0.4) is 0 Å². The van der Waals surface area contributed by atoms with Gasteiger partial charge in [-0.15, -0.1) is 0 Å². The molecule has 8 nitrogen and oxygen atoms in total. The number of piperazine rings is 1. The maximum Gasteiger partial charge on any atom is 0.319 e. The Hall–Kier alpha value is -3.79. The predicted octanol–water partition coefficient (Wildman–Crippen LogP) is 3.91. The molecule has 4 heterocycles. The van der Waals surface area contributed by atoms with E-state index in [4.69, 9.17) is 9.72 Å². The van der Waals surface area contributed by atoms with Gasteiger partial charge in [0.05, 0.1) is 5.69 Å². The summed E-state index contributed by atoms with van der Waals surface area (Å²) in [6.07, 6.45) is 4.10. The highest BCUT2D eigenvalue weighted by Gasteiger charge is 2.28. The number of likely N-dealkylation sites (tertiary alicyclic amines) is 1. The number of hydrogen-bond acceptors (Lipinski definition) is 7. The van der Waals surface area contributed by atoms with E-state index in [0.717, 1.165) is 30.6 Å². The van der Waals surface area contributed by atoms with Gasteiger partial charge in [-0.25, -0.2) is 8.78 Å². The van der Waals surface area contributed by atoms with Crippen LogP contribution in [0.5, 0.6) is 6.01 Å². The molecule has 2 aromatic carbocycles. The summed E-state index contributed by atoms with van der Waals surface area (Å²) in [5, 5.41) is 0.587. The Morgan fingerprint density at radius 1 is 1.08 bits per heavy atom. The summed E-state index contributed by atoms with van der Waals surface area (Å²) in [6.45, 7) is 7.70. The van der Waals surface area contributed by atoms with Crippen LogP contribution < -0.4 is 14.5 Å². The molecule has 0 radical (unpaired) electrons. The Morgan fingerprint density at radius 2 is 1.87 bits per heavy atom. The van der Waals surface area contributed by atoms with Crippen LogP contribution >= 0.6 is 0 Å². The van der Waals surface area contributed by atoms with E-state index >= 15 is 4.39 Å². The van der Waals surface area contributed by atoms with Crippen molar-refractivity contribution in [1.82, 2.24) is 19.8 Å². The Kier molecular flexibility index (Phi) is 6.80. The first kappa shape index (κ1) is 25.5. The monoisotopic (exact) mass is 534 g/mol. The van der Waals surface area contributed by atoms with E-state index in [-0.39, 0.29) is 29.3 Å². The van der Waals surface area contributed by atoms with Crippen LogP contribution in [0.4, 0.5) is 26.0 Å². The third kappa shape index (κ3) is 4.78. The van der Waals surface area contributed by atoms with Gasteiger partial charge >= 0.3 is 6.01 Å². The summed E-state index contributed by atoms with van der Waals surface area (Å²) in [6, 6.07) is 8.61. The Balaban J connectivity index is 1.37. The van der Waals surface area contributed by atoms with Crippen LogP contribution in [0.1, 0.15) is 18.4 Å². The lowest BCUT2D eigenvalue weighted by Crippen LogP contribution is -2.48. The van der Waals surface area contributed by atoms with E-state index in [1.54, 1.807) is 17.0 Å². The van der Waals surface area contributed by atoms with Gasteiger partial charge in [0.1, 0.15) is 23.8 Å². The molecule has 3 aromatic rings. The normalized spacial score (nSPS) is 19.6. The number of amides is 1. The van der Waals surface area contributed by atoms with Crippen LogP contribution in [-0.4, -0.2) is 84.6 Å². The zero-order valence-electron chi connectivity index (χ0n) is 22.1. The number of rotatable bonds is 6. The number of nitrogens with zero attached hydrogens (tertiary/aromatic N) is 6. The third-order valence-electron chi connectivity index (χ3n) is 8.12. The van der Waals surface area contributed by atoms with Crippen molar-refractivity contribution in [3.63, 3.8) is 0 Å². The summed E-state index contributed by atoms with van der Waals surface area (Å²) in [5.74, 6) is -0.267. The SMILES string of the molecule is C=CC(=O)N1CCN(c2nc(OC[C@@H]3CCCN3C)nc3c(F)c(N4CCc5cc(F)ccc54)ccc23)CC1. The summed E-state index contributed by atoms with van der Waals surface area (Å²) < 4.78 is 36.1. The number of benzene rings is 2. The zero-order valence-corrected chi connectivity index (χ0v) is 22.1. The standard InChI is InChI=1S/C29H32F2N6O2/c1-3-25(38)35-13-15-36(16-14-35)28-22-7-9-24(37-12-10-19-17-20(30)6-8-23(19)37)26(31)27(22)32-29(33-28)39-18-21-5-4-11-34(21)2/h3,6-9,17,21H,1,4-5,10-16,18H2,2H3/t21-/m0/s1. The fourth-order valence-corrected chi connectivity index (χ4v) is 5.88. The number of likely N-dealkylation sites (N-methyl/N-ethyl adjacent to an activating group) is 1. The van der Waals surface area contributed by atoms with Gasteiger partial charge in [-0.05, 0) is 74.8 Å². The highest BCUT2D eigenvalue weighted by molar-refractivity contribution is 5.94. The smallest absolute Gasteiger partial charge is 0.319 e. The van der Waals surface area contributed by atoms with Crippen molar-refractivity contribution in [2.24, 2.45) is 0 Å². The summed E-state index contributed by atoms with van der Waals surface area (Å²) in [5.41, 5.74) is 2.23. The van der Waals surface area contributed by atoms with Crippen molar-refractivity contribution in [2.75, 3.05) is 62.7 Å². The molecule has 6 rings (SSSR count). The second kappa shape index (κ2) is 10.4. The quantitative estimate of drug-likeness (QED) is 0.445. The highest BCUT2D eigenvalue weighted by atomic mass is 19.1. The second-order valence-corrected chi connectivity index (χ2v) is 10.4. The minimum absolute atomic E-state index is 0.103. The van der Waals surface area contributed by atoms with Gasteiger partial charge < -0.3 is 24.3 Å². The lowest BCUT2D eigenvalue weighted by molar-refractivity contribution is -0.126. The maximum absolute atomic E-state index is 16.3. The van der Waals surface area contributed by atoms with Gasteiger partial charge in [-0.1, -0.05) is 6.58 Å². The zero-order chi connectivity index (χ0) is 27.1. The first-order valence-corrected chi connectivity index (χ1v) is 13.5. The molecule has 10 heteroatoms. The van der Waals surface area contributed by atoms with Crippen LogP contribution in [0.25, 0.3) is 10.9 Å². The molecule has 3 aliphatic heterocycles. The molecule has 0 saturated carbocycles. The van der Waals surface area contributed by atoms with E-state index in [1.165, 1.54) is 18.2 Å². The number of carbonyl (C=O) groups is 1. The van der Waals surface area contributed by atoms with Crippen LogP contribution in [-0.2, 0) is 11.2 Å². The molecule has 2 fully saturated rings. The first-order chi connectivity index (χ1) is 18.9. The predicted molar refractivity (Wildman–Crippen MR) is 147 cm³/mol. The topological polar surface area (TPSA) is 65.0 Å². The van der Waals surface area contributed by atoms with Gasteiger partial charge in [-0.3, -0.25) is 4.79 Å². The first-order valence-electron chi connectivity index (χ1n) is 13.5. The third-order valence-corrected chi connectivity index (χ3v) is 8.12. The minimum atomic E-state index is -0.461. The fraction of sp³-hybridized carbons (Fsp3) is 0.414. The van der Waals surface area contributed by atoms with Crippen molar-refractivity contribution in [3.8, 4) is 6.01 Å². The molecule has 0 N–H and O–H groups in total. The molecule has 0 bridgehead atoms. The second-order valence-electron chi connectivity index (χ2n) is 10.4.